The molecule has 1 aliphatic heterocycles. The number of aromatic nitrogens is 2. The lowest BCUT2D eigenvalue weighted by molar-refractivity contribution is -0.141. The summed E-state index contributed by atoms with van der Waals surface area (Å²) in [4.78, 5) is 9.14. The molecule has 1 atom stereocenters. The average molecular weight is 302 g/mol. The molecule has 2 heterocycles. The first-order valence-corrected chi connectivity index (χ1v) is 7.24. The van der Waals surface area contributed by atoms with E-state index in [0.29, 0.717) is 24.9 Å². The normalized spacial score (nSPS) is 20.7. The van der Waals surface area contributed by atoms with Crippen LogP contribution in [0.1, 0.15) is 38.8 Å². The number of hydrogen-bond acceptors (Lipinski definition) is 4. The van der Waals surface area contributed by atoms with Crippen LogP contribution in [0, 0.1) is 11.8 Å². The highest BCUT2D eigenvalue weighted by molar-refractivity contribution is 5.44. The SMILES string of the molecule is CC(C)C1CCCN(c2cc(C(F)(F)F)nc(N)n2)CC1. The van der Waals surface area contributed by atoms with Gasteiger partial charge in [-0.05, 0) is 31.1 Å². The third-order valence-corrected chi connectivity index (χ3v) is 4.06. The van der Waals surface area contributed by atoms with E-state index in [0.717, 1.165) is 25.3 Å². The fourth-order valence-electron chi connectivity index (χ4n) is 2.78. The Labute approximate surface area is 122 Å². The number of anilines is 2. The molecule has 1 aromatic rings. The molecule has 0 spiro atoms. The van der Waals surface area contributed by atoms with Crippen molar-refractivity contribution in [3.8, 4) is 0 Å². The maximum absolute atomic E-state index is 12.8. The summed E-state index contributed by atoms with van der Waals surface area (Å²) in [6.07, 6.45) is -1.49. The number of rotatable bonds is 2. The zero-order valence-corrected chi connectivity index (χ0v) is 12.3. The summed E-state index contributed by atoms with van der Waals surface area (Å²) >= 11 is 0. The van der Waals surface area contributed by atoms with E-state index in [9.17, 15) is 13.2 Å². The molecule has 2 rings (SSSR count). The van der Waals surface area contributed by atoms with Crippen molar-refractivity contribution in [3.63, 3.8) is 0 Å². The quantitative estimate of drug-likeness (QED) is 0.910. The highest BCUT2D eigenvalue weighted by Crippen LogP contribution is 2.31. The summed E-state index contributed by atoms with van der Waals surface area (Å²) < 4.78 is 38.4. The van der Waals surface area contributed by atoms with Gasteiger partial charge in [0.05, 0.1) is 0 Å². The molecule has 0 amide bonds. The Balaban J connectivity index is 2.20. The summed E-state index contributed by atoms with van der Waals surface area (Å²) in [5.74, 6) is 1.14. The second kappa shape index (κ2) is 6.07. The molecule has 1 aliphatic rings. The van der Waals surface area contributed by atoms with Crippen LogP contribution in [0.3, 0.4) is 0 Å². The Kier molecular flexibility index (Phi) is 4.58. The molecule has 0 saturated carbocycles. The van der Waals surface area contributed by atoms with Gasteiger partial charge in [0.1, 0.15) is 5.82 Å². The second-order valence-electron chi connectivity index (χ2n) is 5.89. The number of halogens is 3. The monoisotopic (exact) mass is 302 g/mol. The highest BCUT2D eigenvalue weighted by atomic mass is 19.4. The third kappa shape index (κ3) is 3.98. The van der Waals surface area contributed by atoms with Gasteiger partial charge in [0.15, 0.2) is 5.69 Å². The maximum atomic E-state index is 12.8. The van der Waals surface area contributed by atoms with Gasteiger partial charge in [-0.2, -0.15) is 18.2 Å². The zero-order chi connectivity index (χ0) is 15.6. The minimum absolute atomic E-state index is 0.277. The summed E-state index contributed by atoms with van der Waals surface area (Å²) in [6.45, 7) is 5.78. The van der Waals surface area contributed by atoms with Crippen molar-refractivity contribution in [2.75, 3.05) is 23.7 Å². The molecule has 1 aromatic heterocycles. The number of nitrogen functional groups attached to an aromatic ring is 1. The summed E-state index contributed by atoms with van der Waals surface area (Å²) in [6, 6.07) is 0.992. The van der Waals surface area contributed by atoms with Crippen molar-refractivity contribution in [3.05, 3.63) is 11.8 Å². The fraction of sp³-hybridized carbons (Fsp3) is 0.714. The lowest BCUT2D eigenvalue weighted by Crippen LogP contribution is -2.27. The minimum atomic E-state index is -4.50. The number of alkyl halides is 3. The van der Waals surface area contributed by atoms with Crippen molar-refractivity contribution in [2.45, 2.75) is 39.3 Å². The maximum Gasteiger partial charge on any atom is 0.433 e. The molecule has 0 aliphatic carbocycles. The predicted molar refractivity (Wildman–Crippen MR) is 75.8 cm³/mol. The Bertz CT molecular complexity index is 488. The molecule has 1 saturated heterocycles. The Hall–Kier alpha value is -1.53. The summed E-state index contributed by atoms with van der Waals surface area (Å²) in [5, 5.41) is 0. The van der Waals surface area contributed by atoms with Crippen LogP contribution in [-0.2, 0) is 6.18 Å². The van der Waals surface area contributed by atoms with Crippen LogP contribution in [0.5, 0.6) is 0 Å². The average Bonchev–Trinajstić information content (AvgIpc) is 2.62. The van der Waals surface area contributed by atoms with Gasteiger partial charge in [-0.3, -0.25) is 0 Å². The van der Waals surface area contributed by atoms with Crippen molar-refractivity contribution < 1.29 is 13.2 Å². The van der Waals surface area contributed by atoms with E-state index in [1.54, 1.807) is 0 Å². The molecule has 2 N–H and O–H groups in total. The van der Waals surface area contributed by atoms with E-state index >= 15 is 0 Å². The van der Waals surface area contributed by atoms with Crippen LogP contribution in [0.2, 0.25) is 0 Å². The zero-order valence-electron chi connectivity index (χ0n) is 12.3. The number of nitrogens with two attached hydrogens (primary N) is 1. The third-order valence-electron chi connectivity index (χ3n) is 4.06. The van der Waals surface area contributed by atoms with Crippen molar-refractivity contribution in [1.82, 2.24) is 9.97 Å². The molecular formula is C14H21F3N4. The van der Waals surface area contributed by atoms with Crippen LogP contribution in [0.15, 0.2) is 6.07 Å². The van der Waals surface area contributed by atoms with Crippen molar-refractivity contribution in [2.24, 2.45) is 11.8 Å². The van der Waals surface area contributed by atoms with E-state index in [1.165, 1.54) is 0 Å². The smallest absolute Gasteiger partial charge is 0.368 e. The van der Waals surface area contributed by atoms with Gasteiger partial charge in [0.25, 0.3) is 0 Å². The van der Waals surface area contributed by atoms with Gasteiger partial charge < -0.3 is 10.6 Å². The molecule has 1 unspecified atom stereocenters. The fourth-order valence-corrected chi connectivity index (χ4v) is 2.78. The highest BCUT2D eigenvalue weighted by Gasteiger charge is 2.34. The van der Waals surface area contributed by atoms with Crippen LogP contribution < -0.4 is 10.6 Å². The first-order chi connectivity index (χ1) is 9.77. The standard InChI is InChI=1S/C14H21F3N4/c1-9(2)10-4-3-6-21(7-5-10)12-8-11(14(15,16)17)19-13(18)20-12/h8-10H,3-7H2,1-2H3,(H2,18,19,20). The van der Waals surface area contributed by atoms with E-state index < -0.39 is 11.9 Å². The summed E-state index contributed by atoms with van der Waals surface area (Å²) in [7, 11) is 0. The van der Waals surface area contributed by atoms with Gasteiger partial charge in [0, 0.05) is 19.2 Å². The van der Waals surface area contributed by atoms with Gasteiger partial charge in [-0.15, -0.1) is 0 Å². The molecule has 7 heteroatoms. The lowest BCUT2D eigenvalue weighted by atomic mass is 9.89. The molecule has 0 aromatic carbocycles. The van der Waals surface area contributed by atoms with Gasteiger partial charge in [0.2, 0.25) is 5.95 Å². The van der Waals surface area contributed by atoms with Crippen molar-refractivity contribution in [1.29, 1.82) is 0 Å². The number of hydrogen-bond donors (Lipinski definition) is 1. The first-order valence-electron chi connectivity index (χ1n) is 7.24. The number of nitrogens with zero attached hydrogens (tertiary/aromatic N) is 3. The van der Waals surface area contributed by atoms with Crippen LogP contribution in [0.4, 0.5) is 24.9 Å². The topological polar surface area (TPSA) is 55.0 Å². The van der Waals surface area contributed by atoms with Crippen LogP contribution in [-0.4, -0.2) is 23.1 Å². The second-order valence-corrected chi connectivity index (χ2v) is 5.89. The van der Waals surface area contributed by atoms with Gasteiger partial charge >= 0.3 is 6.18 Å². The molecule has 4 nitrogen and oxygen atoms in total. The van der Waals surface area contributed by atoms with Gasteiger partial charge in [-0.1, -0.05) is 13.8 Å². The molecule has 118 valence electrons. The molecule has 21 heavy (non-hydrogen) atoms. The van der Waals surface area contributed by atoms with E-state index in [2.05, 4.69) is 23.8 Å². The molecular weight excluding hydrogens is 281 g/mol. The minimum Gasteiger partial charge on any atom is -0.368 e. The lowest BCUT2D eigenvalue weighted by Gasteiger charge is -2.23. The Morgan fingerprint density at radius 1 is 1.24 bits per heavy atom. The van der Waals surface area contributed by atoms with Crippen LogP contribution in [0.25, 0.3) is 0 Å². The summed E-state index contributed by atoms with van der Waals surface area (Å²) in [5.41, 5.74) is 4.45. The largest absolute Gasteiger partial charge is 0.433 e. The predicted octanol–water partition coefficient (Wildman–Crippen LogP) is 3.34. The Morgan fingerprint density at radius 3 is 2.57 bits per heavy atom. The molecule has 0 bridgehead atoms. The van der Waals surface area contributed by atoms with E-state index in [-0.39, 0.29) is 11.8 Å². The molecule has 0 radical (unpaired) electrons. The first kappa shape index (κ1) is 15.9. The van der Waals surface area contributed by atoms with E-state index in [4.69, 9.17) is 5.73 Å². The van der Waals surface area contributed by atoms with Crippen molar-refractivity contribution >= 4 is 11.8 Å². The Morgan fingerprint density at radius 2 is 1.95 bits per heavy atom. The molecule has 1 fully saturated rings. The van der Waals surface area contributed by atoms with Gasteiger partial charge in [-0.25, -0.2) is 4.98 Å². The van der Waals surface area contributed by atoms with Crippen LogP contribution >= 0.6 is 0 Å². The van der Waals surface area contributed by atoms with E-state index in [1.807, 2.05) is 4.90 Å².